The summed E-state index contributed by atoms with van der Waals surface area (Å²) in [7, 11) is 0. The minimum absolute atomic E-state index is 0.646. The van der Waals surface area contributed by atoms with E-state index in [1.165, 1.54) is 23.3 Å². The monoisotopic (exact) mass is 305 g/mol. The molecule has 2 aromatic rings. The first-order valence-corrected chi connectivity index (χ1v) is 8.55. The molecule has 0 spiro atoms. The Morgan fingerprint density at radius 2 is 2.10 bits per heavy atom. The molecule has 0 amide bonds. The van der Waals surface area contributed by atoms with Crippen molar-refractivity contribution in [3.63, 3.8) is 0 Å². The van der Waals surface area contributed by atoms with Crippen LogP contribution in [-0.4, -0.2) is 12.6 Å². The van der Waals surface area contributed by atoms with Crippen LogP contribution >= 0.6 is 22.9 Å². The van der Waals surface area contributed by atoms with E-state index in [0.29, 0.717) is 5.92 Å². The summed E-state index contributed by atoms with van der Waals surface area (Å²) in [6, 6.07) is 13.4. The average Bonchev–Trinajstić information content (AvgIpc) is 3.12. The number of benzene rings is 1. The van der Waals surface area contributed by atoms with E-state index < -0.39 is 0 Å². The fourth-order valence-electron chi connectivity index (χ4n) is 2.55. The summed E-state index contributed by atoms with van der Waals surface area (Å²) in [6.07, 6.45) is 4.95. The van der Waals surface area contributed by atoms with Crippen LogP contribution in [0.1, 0.15) is 23.3 Å². The number of halogens is 1. The number of rotatable bonds is 7. The molecule has 0 aliphatic heterocycles. The highest BCUT2D eigenvalue weighted by molar-refractivity contribution is 7.09. The molecule has 3 rings (SSSR count). The average molecular weight is 306 g/mol. The first kappa shape index (κ1) is 14.1. The van der Waals surface area contributed by atoms with Crippen LogP contribution in [0.5, 0.6) is 0 Å². The van der Waals surface area contributed by atoms with Crippen LogP contribution in [0.15, 0.2) is 41.8 Å². The molecule has 1 fully saturated rings. The van der Waals surface area contributed by atoms with Gasteiger partial charge in [0.25, 0.3) is 0 Å². The molecule has 20 heavy (non-hydrogen) atoms. The minimum atomic E-state index is 0.646. The molecule has 1 nitrogen and oxygen atoms in total. The van der Waals surface area contributed by atoms with Gasteiger partial charge < -0.3 is 5.32 Å². The summed E-state index contributed by atoms with van der Waals surface area (Å²) >= 11 is 7.96. The number of hydrogen-bond donors (Lipinski definition) is 1. The van der Waals surface area contributed by atoms with Crippen molar-refractivity contribution in [1.29, 1.82) is 0 Å². The van der Waals surface area contributed by atoms with E-state index in [2.05, 4.69) is 35.0 Å². The van der Waals surface area contributed by atoms with Crippen LogP contribution in [0.2, 0.25) is 5.02 Å². The molecule has 1 heterocycles. The van der Waals surface area contributed by atoms with Gasteiger partial charge in [-0.25, -0.2) is 0 Å². The summed E-state index contributed by atoms with van der Waals surface area (Å²) in [5.74, 6) is 0.646. The SMILES string of the molecule is Clc1cccc(CC(CNC2CC2)Cc2cccs2)c1. The van der Waals surface area contributed by atoms with Crippen LogP contribution in [0.25, 0.3) is 0 Å². The topological polar surface area (TPSA) is 12.0 Å². The standard InChI is InChI=1S/C17H20ClNS/c18-15-4-1-3-13(10-15)9-14(12-19-16-6-7-16)11-17-5-2-8-20-17/h1-5,8,10,14,16,19H,6-7,9,11-12H2. The van der Waals surface area contributed by atoms with Crippen molar-refractivity contribution in [1.82, 2.24) is 5.32 Å². The lowest BCUT2D eigenvalue weighted by molar-refractivity contribution is 0.471. The van der Waals surface area contributed by atoms with Crippen LogP contribution < -0.4 is 5.32 Å². The second kappa shape index (κ2) is 6.75. The summed E-state index contributed by atoms with van der Waals surface area (Å²) in [5, 5.41) is 6.68. The molecule has 1 aliphatic rings. The predicted molar refractivity (Wildman–Crippen MR) is 87.7 cm³/mol. The molecule has 1 atom stereocenters. The van der Waals surface area contributed by atoms with Crippen molar-refractivity contribution in [2.45, 2.75) is 31.7 Å². The van der Waals surface area contributed by atoms with Crippen LogP contribution in [0, 0.1) is 5.92 Å². The second-order valence-corrected chi connectivity index (χ2v) is 7.13. The molecule has 1 aromatic heterocycles. The lowest BCUT2D eigenvalue weighted by Gasteiger charge is -2.17. The normalized spacial score (nSPS) is 16.2. The highest BCUT2D eigenvalue weighted by Gasteiger charge is 2.22. The van der Waals surface area contributed by atoms with Gasteiger partial charge in [-0.05, 0) is 67.3 Å². The maximum absolute atomic E-state index is 6.09. The molecular formula is C17H20ClNS. The van der Waals surface area contributed by atoms with E-state index in [1.54, 1.807) is 0 Å². The molecule has 1 aromatic carbocycles. The van der Waals surface area contributed by atoms with Gasteiger partial charge in [-0.2, -0.15) is 0 Å². The maximum Gasteiger partial charge on any atom is 0.0408 e. The summed E-state index contributed by atoms with van der Waals surface area (Å²) < 4.78 is 0. The molecule has 1 unspecified atom stereocenters. The van der Waals surface area contributed by atoms with Crippen LogP contribution in [-0.2, 0) is 12.8 Å². The van der Waals surface area contributed by atoms with Gasteiger partial charge in [-0.3, -0.25) is 0 Å². The van der Waals surface area contributed by atoms with Crippen molar-refractivity contribution in [3.8, 4) is 0 Å². The van der Waals surface area contributed by atoms with Gasteiger partial charge in [0.05, 0.1) is 0 Å². The first-order valence-electron chi connectivity index (χ1n) is 7.30. The van der Waals surface area contributed by atoms with Crippen molar-refractivity contribution in [2.24, 2.45) is 5.92 Å². The lowest BCUT2D eigenvalue weighted by Crippen LogP contribution is -2.27. The zero-order valence-corrected chi connectivity index (χ0v) is 13.1. The Balaban J connectivity index is 1.63. The third-order valence-electron chi connectivity index (χ3n) is 3.76. The van der Waals surface area contributed by atoms with E-state index >= 15 is 0 Å². The van der Waals surface area contributed by atoms with Gasteiger partial charge in [-0.15, -0.1) is 11.3 Å². The molecule has 1 aliphatic carbocycles. The molecule has 106 valence electrons. The molecule has 0 bridgehead atoms. The fraction of sp³-hybridized carbons (Fsp3) is 0.412. The molecule has 1 saturated carbocycles. The van der Waals surface area contributed by atoms with E-state index in [0.717, 1.165) is 30.5 Å². The third kappa shape index (κ3) is 4.34. The molecule has 0 radical (unpaired) electrons. The number of hydrogen-bond acceptors (Lipinski definition) is 2. The van der Waals surface area contributed by atoms with Crippen molar-refractivity contribution < 1.29 is 0 Å². The molecular weight excluding hydrogens is 286 g/mol. The lowest BCUT2D eigenvalue weighted by atomic mass is 9.95. The van der Waals surface area contributed by atoms with Gasteiger partial charge in [0, 0.05) is 15.9 Å². The first-order chi connectivity index (χ1) is 9.79. The maximum atomic E-state index is 6.09. The van der Waals surface area contributed by atoms with Crippen molar-refractivity contribution in [3.05, 3.63) is 57.2 Å². The zero-order valence-electron chi connectivity index (χ0n) is 11.5. The minimum Gasteiger partial charge on any atom is -0.314 e. The molecule has 1 N–H and O–H groups in total. The van der Waals surface area contributed by atoms with Gasteiger partial charge in [0.15, 0.2) is 0 Å². The van der Waals surface area contributed by atoms with Gasteiger partial charge in [0.2, 0.25) is 0 Å². The molecule has 3 heteroatoms. The summed E-state index contributed by atoms with van der Waals surface area (Å²) in [4.78, 5) is 1.48. The van der Waals surface area contributed by atoms with Crippen LogP contribution in [0.4, 0.5) is 0 Å². The zero-order chi connectivity index (χ0) is 13.8. The number of thiophene rings is 1. The highest BCUT2D eigenvalue weighted by atomic mass is 35.5. The van der Waals surface area contributed by atoms with E-state index in [9.17, 15) is 0 Å². The van der Waals surface area contributed by atoms with Gasteiger partial charge in [-0.1, -0.05) is 29.8 Å². The highest BCUT2D eigenvalue weighted by Crippen LogP contribution is 2.22. The Kier molecular flexibility index (Phi) is 4.77. The van der Waals surface area contributed by atoms with E-state index in [4.69, 9.17) is 11.6 Å². The van der Waals surface area contributed by atoms with Gasteiger partial charge >= 0.3 is 0 Å². The van der Waals surface area contributed by atoms with Gasteiger partial charge in [0.1, 0.15) is 0 Å². The molecule has 0 saturated heterocycles. The van der Waals surface area contributed by atoms with E-state index in [1.807, 2.05) is 23.5 Å². The smallest absolute Gasteiger partial charge is 0.0408 e. The summed E-state index contributed by atoms with van der Waals surface area (Å²) in [6.45, 7) is 1.11. The quantitative estimate of drug-likeness (QED) is 0.791. The van der Waals surface area contributed by atoms with Crippen molar-refractivity contribution in [2.75, 3.05) is 6.54 Å². The second-order valence-electron chi connectivity index (χ2n) is 5.67. The Morgan fingerprint density at radius 1 is 1.20 bits per heavy atom. The van der Waals surface area contributed by atoms with E-state index in [-0.39, 0.29) is 0 Å². The summed E-state index contributed by atoms with van der Waals surface area (Å²) in [5.41, 5.74) is 1.34. The fourth-order valence-corrected chi connectivity index (χ4v) is 3.58. The predicted octanol–water partition coefficient (Wildman–Crippen LogP) is 4.55. The van der Waals surface area contributed by atoms with Crippen LogP contribution in [0.3, 0.4) is 0 Å². The van der Waals surface area contributed by atoms with Crippen molar-refractivity contribution >= 4 is 22.9 Å². The Morgan fingerprint density at radius 3 is 2.80 bits per heavy atom. The number of nitrogens with one attached hydrogen (secondary N) is 1. The Labute approximate surface area is 130 Å². The Bertz CT molecular complexity index is 534. The largest absolute Gasteiger partial charge is 0.314 e. The third-order valence-corrected chi connectivity index (χ3v) is 4.89. The Hall–Kier alpha value is -0.830.